The van der Waals surface area contributed by atoms with E-state index in [1.807, 2.05) is 0 Å². The lowest BCUT2D eigenvalue weighted by atomic mass is 9.80. The number of methoxy groups -OCH3 is 1. The molecule has 0 aliphatic rings. The first-order chi connectivity index (χ1) is 53.0. The zero-order valence-electron chi connectivity index (χ0n) is 64.3. The van der Waals surface area contributed by atoms with Crippen LogP contribution in [-0.2, 0) is 79.7 Å². The van der Waals surface area contributed by atoms with Crippen LogP contribution in [0.3, 0.4) is 0 Å². The van der Waals surface area contributed by atoms with Gasteiger partial charge in [-0.2, -0.15) is 0 Å². The van der Waals surface area contributed by atoms with Gasteiger partial charge in [0.2, 0.25) is 17.4 Å². The van der Waals surface area contributed by atoms with Gasteiger partial charge in [-0.25, -0.2) is 19.2 Å². The molecule has 4 aromatic carbocycles. The fourth-order valence-electron chi connectivity index (χ4n) is 12.1. The molecule has 0 bridgehead atoms. The molecule has 0 saturated carbocycles. The van der Waals surface area contributed by atoms with Gasteiger partial charge in [0.1, 0.15) is 54.3 Å². The molecule has 0 saturated heterocycles. The van der Waals surface area contributed by atoms with E-state index in [-0.39, 0.29) is 48.7 Å². The molecule has 0 heterocycles. The molecule has 4 rings (SSSR count). The minimum Gasteiger partial charge on any atom is -0.481 e. The number of unbranched alkanes of at least 4 members (excludes halogenated alkanes) is 16. The molecule has 4 aromatic rings. The average Bonchev–Trinajstić information content (AvgIpc) is 0.758. The Morgan fingerprint density at radius 2 is 0.891 bits per heavy atom. The second-order valence-electron chi connectivity index (χ2n) is 27.0. The molecule has 0 aliphatic carbocycles. The van der Waals surface area contributed by atoms with Crippen molar-refractivity contribution in [2.45, 2.75) is 231 Å². The number of carboxylic acid groups (broad SMARTS) is 2. The summed E-state index contributed by atoms with van der Waals surface area (Å²) in [6, 6.07) is 24.0. The Hall–Kier alpha value is -10.5. The van der Waals surface area contributed by atoms with Gasteiger partial charge < -0.3 is 54.4 Å². The van der Waals surface area contributed by atoms with Crippen LogP contribution < -0.4 is 20.1 Å². The van der Waals surface area contributed by atoms with E-state index in [1.54, 1.807) is 62.4 Å². The molecule has 23 nitrogen and oxygen atoms in total. The number of aliphatic carboxylic acids is 2. The molecule has 0 unspecified atom stereocenters. The lowest BCUT2D eigenvalue weighted by Crippen LogP contribution is -2.62. The van der Waals surface area contributed by atoms with Crippen LogP contribution in [0.4, 0.5) is 0 Å². The summed E-state index contributed by atoms with van der Waals surface area (Å²) in [5.74, 6) is -7.31. The highest BCUT2D eigenvalue weighted by Gasteiger charge is 2.60. The number of hydrogen-bond acceptors (Lipinski definition) is 19. The van der Waals surface area contributed by atoms with Crippen LogP contribution in [0, 0.1) is 35.5 Å². The summed E-state index contributed by atoms with van der Waals surface area (Å²) < 4.78 is 33.6. The van der Waals surface area contributed by atoms with Crippen molar-refractivity contribution in [3.63, 3.8) is 0 Å². The minimum absolute atomic E-state index is 0.0361. The number of carbonyl (C=O) groups is 12. The Bertz CT molecular complexity index is 3770. The van der Waals surface area contributed by atoms with Crippen LogP contribution in [0.25, 0.3) is 0 Å². The highest BCUT2D eigenvalue weighted by molar-refractivity contribution is 6.02. The third-order valence-corrected chi connectivity index (χ3v) is 18.3. The van der Waals surface area contributed by atoms with Crippen LogP contribution in [0.15, 0.2) is 133 Å². The average molecular weight is 1520 g/mol. The Morgan fingerprint density at radius 3 is 1.32 bits per heavy atom. The number of esters is 4. The molecule has 110 heavy (non-hydrogen) atoms. The van der Waals surface area contributed by atoms with E-state index in [4.69, 9.17) is 28.4 Å². The molecule has 0 aromatic heterocycles. The van der Waals surface area contributed by atoms with Gasteiger partial charge >= 0.3 is 35.8 Å². The van der Waals surface area contributed by atoms with Crippen molar-refractivity contribution >= 4 is 70.8 Å². The zero-order valence-corrected chi connectivity index (χ0v) is 64.3. The van der Waals surface area contributed by atoms with Gasteiger partial charge in [-0.1, -0.05) is 212 Å². The third-order valence-electron chi connectivity index (χ3n) is 18.3. The molecular formula is C87H110N2O21. The number of carboxylic acids is 2. The van der Waals surface area contributed by atoms with Gasteiger partial charge in [-0.15, -0.1) is 11.8 Å². The second kappa shape index (κ2) is 52.5. The van der Waals surface area contributed by atoms with Crippen molar-refractivity contribution in [3.05, 3.63) is 156 Å². The number of ether oxygens (including phenoxy) is 6. The third kappa shape index (κ3) is 34.4. The number of carbonyl (C=O) groups excluding carboxylic acids is 10. The number of benzene rings is 4. The normalized spacial score (nSPS) is 13.2. The number of nitrogens with one attached hydrogen (secondary N) is 2. The fraction of sp³-hybridized carbons (Fsp3) is 0.494. The van der Waals surface area contributed by atoms with Crippen molar-refractivity contribution in [2.75, 3.05) is 33.5 Å². The highest BCUT2D eigenvalue weighted by atomic mass is 16.6. The van der Waals surface area contributed by atoms with Crippen molar-refractivity contribution in [1.29, 1.82) is 0 Å². The zero-order chi connectivity index (χ0) is 80.4. The number of Topliss-reactive ketones (excluding diaryl/α,β-unsaturated/α-hetero) is 4. The maximum Gasteiger partial charge on any atom is 0.352 e. The van der Waals surface area contributed by atoms with Crippen molar-refractivity contribution in [1.82, 2.24) is 10.6 Å². The lowest BCUT2D eigenvalue weighted by molar-refractivity contribution is -0.206. The number of amides is 2. The first-order valence-electron chi connectivity index (χ1n) is 38.2. The molecule has 2 amide bonds. The maximum absolute atomic E-state index is 16.1. The van der Waals surface area contributed by atoms with Crippen LogP contribution in [0.2, 0.25) is 0 Å². The van der Waals surface area contributed by atoms with E-state index in [9.17, 15) is 58.5 Å². The first-order valence-corrected chi connectivity index (χ1v) is 38.2. The molecular weight excluding hydrogens is 1410 g/mol. The van der Waals surface area contributed by atoms with E-state index in [0.29, 0.717) is 99.7 Å². The number of rotatable bonds is 57. The van der Waals surface area contributed by atoms with E-state index < -0.39 is 133 Å². The van der Waals surface area contributed by atoms with Gasteiger partial charge in [0, 0.05) is 49.7 Å². The van der Waals surface area contributed by atoms with Gasteiger partial charge in [0.15, 0.2) is 30.4 Å². The smallest absolute Gasteiger partial charge is 0.352 e. The number of hydrogen-bond donors (Lipinski definition) is 5. The predicted octanol–water partition coefficient (Wildman–Crippen LogP) is 13.1. The Balaban J connectivity index is 1.95. The molecule has 0 spiro atoms. The van der Waals surface area contributed by atoms with Crippen LogP contribution in [0.1, 0.15) is 226 Å². The summed E-state index contributed by atoms with van der Waals surface area (Å²) in [5.41, 5.74) is -6.28. The summed E-state index contributed by atoms with van der Waals surface area (Å²) in [6.07, 6.45) is 16.7. The van der Waals surface area contributed by atoms with Crippen LogP contribution >= 0.6 is 0 Å². The van der Waals surface area contributed by atoms with Gasteiger partial charge in [-0.3, -0.25) is 38.4 Å². The molecule has 23 heteroatoms. The molecule has 0 radical (unpaired) electrons. The SMILES string of the molecule is CC#CCOc1ccc(C[C@H](NC(=O)[C@@H](/C=C/CCCCCCC(=O)CCCCCCC)[C@](CC(=O)O)(OC(=O)[C@](O)(CC(=O)OCC(=O)c2ccccc2)[C@H](/C=C/CCCCCCC(=O)CCCCCCC)C(=O)N[C@@H](Cc2ccc(OCC#CC)cc2)C(=O)OCC(=O)c2ccccc2)C(=O)OC)C(=O)O)cc1. The quantitative estimate of drug-likeness (QED) is 0.00684. The molecule has 6 atom stereocenters. The number of ketones is 4. The van der Waals surface area contributed by atoms with Crippen molar-refractivity contribution < 1.29 is 101 Å². The van der Waals surface area contributed by atoms with Gasteiger partial charge in [-0.05, 0) is 101 Å². The molecule has 0 aliphatic heterocycles. The minimum atomic E-state index is -3.73. The summed E-state index contributed by atoms with van der Waals surface area (Å²) >= 11 is 0. The number of allylic oxidation sites excluding steroid dienone is 2. The van der Waals surface area contributed by atoms with E-state index in [0.717, 1.165) is 83.5 Å². The van der Waals surface area contributed by atoms with Gasteiger partial charge in [0.25, 0.3) is 0 Å². The first kappa shape index (κ1) is 91.9. The second-order valence-corrected chi connectivity index (χ2v) is 27.0. The Labute approximate surface area is 646 Å². The van der Waals surface area contributed by atoms with Crippen LogP contribution in [-0.4, -0.2) is 143 Å². The standard InChI is InChI=1S/C87H110N2O21/c1-6-10-14-20-32-42-68(90)44-34-22-16-18-24-36-46-72(80(97)89-75(59-65-50-54-71(55-51-65)107-57-13-9-4)83(101)109-63-77(93)67-40-30-27-31-41-67)86(104,61-79(96)108-62-76(92)66-38-28-26-29-39-66)84(102)110-87(60-78(94)95,85(103)105-5)73(47-37-25-19-17-23-35-45-69(91)43-33-21-15-11-7-2)81(98)88-74(82(99)100)58-64-48-52-70(53-49-64)106-56-12-8-3/h26-31,36-41,46-55,72-75,104H,6-7,10-11,14-25,32-35,42-45,56-63H2,1-5H3,(H,88,98)(H,89,97)(H,94,95)(H,99,100)/b46-36+,47-37+/t72-,73-,74+,75+,86+,87+/m1/s1. The summed E-state index contributed by atoms with van der Waals surface area (Å²) in [6.45, 7) is 5.72. The van der Waals surface area contributed by atoms with E-state index in [1.165, 1.54) is 72.8 Å². The fourth-order valence-corrected chi connectivity index (χ4v) is 12.1. The molecule has 0 fully saturated rings. The van der Waals surface area contributed by atoms with Gasteiger partial charge in [0.05, 0.1) is 25.9 Å². The van der Waals surface area contributed by atoms with E-state index >= 15 is 14.4 Å². The monoisotopic (exact) mass is 1520 g/mol. The largest absolute Gasteiger partial charge is 0.481 e. The predicted molar refractivity (Wildman–Crippen MR) is 413 cm³/mol. The van der Waals surface area contributed by atoms with E-state index in [2.05, 4.69) is 48.2 Å². The summed E-state index contributed by atoms with van der Waals surface area (Å²) in [4.78, 5) is 170. The highest BCUT2D eigenvalue weighted by Crippen LogP contribution is 2.37. The number of aliphatic hydroxyl groups is 1. The Morgan fingerprint density at radius 1 is 0.482 bits per heavy atom. The lowest BCUT2D eigenvalue weighted by Gasteiger charge is -2.39. The van der Waals surface area contributed by atoms with Crippen LogP contribution in [0.5, 0.6) is 11.5 Å². The Kier molecular flexibility index (Phi) is 43.9. The topological polar surface area (TPSA) is 345 Å². The van der Waals surface area contributed by atoms with Crippen molar-refractivity contribution in [2.24, 2.45) is 11.8 Å². The maximum atomic E-state index is 16.1. The summed E-state index contributed by atoms with van der Waals surface area (Å²) in [5, 5.41) is 40.2. The molecule has 594 valence electrons. The molecule has 5 N–H and O–H groups in total. The van der Waals surface area contributed by atoms with Crippen molar-refractivity contribution in [3.8, 4) is 35.2 Å². The summed E-state index contributed by atoms with van der Waals surface area (Å²) in [7, 11) is 0.763.